The number of carbonyl (C=O) groups is 1. The quantitative estimate of drug-likeness (QED) is 0.675. The minimum atomic E-state index is -0.622. The van der Waals surface area contributed by atoms with Gasteiger partial charge in [0.05, 0.1) is 10.0 Å². The van der Waals surface area contributed by atoms with Crippen LogP contribution in [0.25, 0.3) is 10.9 Å². The molecule has 0 atom stereocenters. The van der Waals surface area contributed by atoms with Crippen molar-refractivity contribution in [3.8, 4) is 0 Å². The molecule has 2 nitrogen and oxygen atoms in total. The number of carbonyl (C=O) groups excluding carboxylic acids is 1. The van der Waals surface area contributed by atoms with Gasteiger partial charge in [0, 0.05) is 28.2 Å². The summed E-state index contributed by atoms with van der Waals surface area (Å²) >= 11 is 12.0. The Balaban J connectivity index is 2.21. The maximum atomic E-state index is 13.5. The Morgan fingerprint density at radius 3 is 2.60 bits per heavy atom. The van der Waals surface area contributed by atoms with E-state index in [4.69, 9.17) is 23.2 Å². The zero-order chi connectivity index (χ0) is 14.3. The lowest BCUT2D eigenvalue weighted by atomic mass is 10.0. The summed E-state index contributed by atoms with van der Waals surface area (Å²) in [7, 11) is 0. The van der Waals surface area contributed by atoms with Crippen LogP contribution >= 0.6 is 23.2 Å². The number of hydrogen-bond donors (Lipinski definition) is 1. The van der Waals surface area contributed by atoms with Crippen molar-refractivity contribution in [1.29, 1.82) is 0 Å². The van der Waals surface area contributed by atoms with Crippen LogP contribution in [-0.4, -0.2) is 10.8 Å². The minimum Gasteiger partial charge on any atom is -0.360 e. The van der Waals surface area contributed by atoms with Crippen LogP contribution < -0.4 is 0 Å². The second kappa shape index (κ2) is 4.93. The van der Waals surface area contributed by atoms with Crippen LogP contribution in [0.4, 0.5) is 4.39 Å². The molecule has 5 heteroatoms. The molecule has 1 heterocycles. The Morgan fingerprint density at radius 2 is 1.80 bits per heavy atom. The number of ketones is 1. The molecular formula is C15H8Cl2FNO. The van der Waals surface area contributed by atoms with Crippen molar-refractivity contribution in [2.24, 2.45) is 0 Å². The fourth-order valence-corrected chi connectivity index (χ4v) is 2.63. The Labute approximate surface area is 124 Å². The number of H-pyrrole nitrogens is 1. The molecule has 20 heavy (non-hydrogen) atoms. The van der Waals surface area contributed by atoms with Gasteiger partial charge in [-0.25, -0.2) is 4.39 Å². The summed E-state index contributed by atoms with van der Waals surface area (Å²) in [5.41, 5.74) is 1.24. The lowest BCUT2D eigenvalue weighted by Gasteiger charge is -2.04. The van der Waals surface area contributed by atoms with E-state index in [1.807, 2.05) is 6.07 Å². The van der Waals surface area contributed by atoms with Crippen LogP contribution in [0.1, 0.15) is 15.9 Å². The third-order valence-corrected chi connectivity index (χ3v) is 3.79. The van der Waals surface area contributed by atoms with E-state index in [1.165, 1.54) is 18.2 Å². The first-order chi connectivity index (χ1) is 9.59. The molecule has 0 aliphatic carbocycles. The van der Waals surface area contributed by atoms with Gasteiger partial charge in [-0.15, -0.1) is 0 Å². The average Bonchev–Trinajstić information content (AvgIpc) is 2.86. The summed E-state index contributed by atoms with van der Waals surface area (Å²) in [4.78, 5) is 15.5. The van der Waals surface area contributed by atoms with Crippen molar-refractivity contribution in [3.05, 3.63) is 69.6 Å². The van der Waals surface area contributed by atoms with Gasteiger partial charge in [-0.1, -0.05) is 35.3 Å². The minimum absolute atomic E-state index is 0.118. The zero-order valence-electron chi connectivity index (χ0n) is 10.1. The third kappa shape index (κ3) is 1.99. The molecule has 3 aromatic rings. The molecular weight excluding hydrogens is 300 g/mol. The summed E-state index contributed by atoms with van der Waals surface area (Å²) in [6.45, 7) is 0. The van der Waals surface area contributed by atoms with E-state index in [2.05, 4.69) is 4.98 Å². The molecule has 0 radical (unpaired) electrons. The lowest BCUT2D eigenvalue weighted by molar-refractivity contribution is 0.104. The third-order valence-electron chi connectivity index (χ3n) is 3.10. The van der Waals surface area contributed by atoms with Gasteiger partial charge in [0.2, 0.25) is 0 Å². The van der Waals surface area contributed by atoms with E-state index in [0.29, 0.717) is 16.0 Å². The van der Waals surface area contributed by atoms with Crippen LogP contribution in [0.3, 0.4) is 0 Å². The summed E-state index contributed by atoms with van der Waals surface area (Å²) in [5, 5.41) is 0.887. The number of aromatic amines is 1. The molecule has 100 valence electrons. The highest BCUT2D eigenvalue weighted by atomic mass is 35.5. The number of halogens is 3. The van der Waals surface area contributed by atoms with Crippen LogP contribution in [0.15, 0.2) is 42.6 Å². The first-order valence-corrected chi connectivity index (χ1v) is 6.59. The van der Waals surface area contributed by atoms with Crippen LogP contribution in [-0.2, 0) is 0 Å². The molecule has 0 saturated carbocycles. The Hall–Kier alpha value is -1.84. The summed E-state index contributed by atoms with van der Waals surface area (Å²) < 4.78 is 13.5. The molecule has 0 spiro atoms. The monoisotopic (exact) mass is 307 g/mol. The first-order valence-electron chi connectivity index (χ1n) is 5.84. The standard InChI is InChI=1S/C15H8Cl2FNO/c16-10-4-2-6-12-13(10)9(7-19-12)15(20)8-3-1-5-11(18)14(8)17/h1-7,19H. The molecule has 0 bridgehead atoms. The highest BCUT2D eigenvalue weighted by molar-refractivity contribution is 6.39. The van der Waals surface area contributed by atoms with Crippen molar-refractivity contribution >= 4 is 39.9 Å². The SMILES string of the molecule is O=C(c1cccc(F)c1Cl)c1c[nH]c2cccc(Cl)c12. The summed E-state index contributed by atoms with van der Waals surface area (Å²) in [6, 6.07) is 9.44. The maximum Gasteiger partial charge on any atom is 0.196 e. The number of hydrogen-bond acceptors (Lipinski definition) is 1. The molecule has 0 amide bonds. The molecule has 0 unspecified atom stereocenters. The molecule has 3 rings (SSSR count). The molecule has 1 N–H and O–H groups in total. The van der Waals surface area contributed by atoms with E-state index in [9.17, 15) is 9.18 Å². The Bertz CT molecular complexity index is 826. The molecule has 0 fully saturated rings. The van der Waals surface area contributed by atoms with Gasteiger partial charge in [-0.2, -0.15) is 0 Å². The van der Waals surface area contributed by atoms with Crippen LogP contribution in [0, 0.1) is 5.82 Å². The fraction of sp³-hybridized carbons (Fsp3) is 0. The second-order valence-corrected chi connectivity index (χ2v) is 5.08. The van der Waals surface area contributed by atoms with Gasteiger partial charge < -0.3 is 4.98 Å². The van der Waals surface area contributed by atoms with Gasteiger partial charge in [0.15, 0.2) is 5.78 Å². The van der Waals surface area contributed by atoms with Crippen LogP contribution in [0.2, 0.25) is 10.0 Å². The van der Waals surface area contributed by atoms with Crippen molar-refractivity contribution in [2.45, 2.75) is 0 Å². The number of nitrogens with one attached hydrogen (secondary N) is 1. The van der Waals surface area contributed by atoms with Crippen molar-refractivity contribution in [3.63, 3.8) is 0 Å². The number of fused-ring (bicyclic) bond motifs is 1. The molecule has 2 aromatic carbocycles. The molecule has 0 aliphatic heterocycles. The number of benzene rings is 2. The van der Waals surface area contributed by atoms with Gasteiger partial charge >= 0.3 is 0 Å². The summed E-state index contributed by atoms with van der Waals surface area (Å²) in [5.74, 6) is -0.989. The topological polar surface area (TPSA) is 32.9 Å². The van der Waals surface area contributed by atoms with Gasteiger partial charge in [-0.3, -0.25) is 4.79 Å². The Morgan fingerprint density at radius 1 is 1.05 bits per heavy atom. The highest BCUT2D eigenvalue weighted by Crippen LogP contribution is 2.30. The molecule has 0 aliphatic rings. The molecule has 1 aromatic heterocycles. The van der Waals surface area contributed by atoms with E-state index in [-0.39, 0.29) is 16.4 Å². The van der Waals surface area contributed by atoms with Gasteiger partial charge in [-0.05, 0) is 24.3 Å². The fourth-order valence-electron chi connectivity index (χ4n) is 2.14. The average molecular weight is 308 g/mol. The van der Waals surface area contributed by atoms with E-state index in [1.54, 1.807) is 18.3 Å². The largest absolute Gasteiger partial charge is 0.360 e. The van der Waals surface area contributed by atoms with Gasteiger partial charge in [0.25, 0.3) is 0 Å². The van der Waals surface area contributed by atoms with E-state index in [0.717, 1.165) is 5.52 Å². The highest BCUT2D eigenvalue weighted by Gasteiger charge is 2.19. The van der Waals surface area contributed by atoms with E-state index >= 15 is 0 Å². The first kappa shape index (κ1) is 13.2. The Kier molecular flexibility index (Phi) is 3.24. The number of rotatable bonds is 2. The summed E-state index contributed by atoms with van der Waals surface area (Å²) in [6.07, 6.45) is 1.56. The van der Waals surface area contributed by atoms with Crippen molar-refractivity contribution < 1.29 is 9.18 Å². The normalized spacial score (nSPS) is 10.9. The van der Waals surface area contributed by atoms with E-state index < -0.39 is 5.82 Å². The smallest absolute Gasteiger partial charge is 0.196 e. The maximum absolute atomic E-state index is 13.5. The zero-order valence-corrected chi connectivity index (χ0v) is 11.6. The molecule has 0 saturated heterocycles. The predicted molar refractivity (Wildman–Crippen MR) is 78.2 cm³/mol. The van der Waals surface area contributed by atoms with Gasteiger partial charge in [0.1, 0.15) is 5.82 Å². The van der Waals surface area contributed by atoms with Crippen molar-refractivity contribution in [1.82, 2.24) is 4.98 Å². The predicted octanol–water partition coefficient (Wildman–Crippen LogP) is 4.84. The van der Waals surface area contributed by atoms with Crippen LogP contribution in [0.5, 0.6) is 0 Å². The number of aromatic nitrogens is 1. The lowest BCUT2D eigenvalue weighted by Crippen LogP contribution is -2.02. The second-order valence-electron chi connectivity index (χ2n) is 4.30. The van der Waals surface area contributed by atoms with Crippen molar-refractivity contribution in [2.75, 3.05) is 0 Å².